The second-order valence-corrected chi connectivity index (χ2v) is 4.74. The third-order valence-corrected chi connectivity index (χ3v) is 3.46. The van der Waals surface area contributed by atoms with Gasteiger partial charge in [-0.1, -0.05) is 6.07 Å². The van der Waals surface area contributed by atoms with Gasteiger partial charge in [-0.2, -0.15) is 0 Å². The molecule has 0 bridgehead atoms. The third-order valence-electron chi connectivity index (χ3n) is 3.46. The van der Waals surface area contributed by atoms with Crippen LogP contribution >= 0.6 is 0 Å². The lowest BCUT2D eigenvalue weighted by Crippen LogP contribution is -2.36. The molecule has 0 fully saturated rings. The molecule has 4 N–H and O–H groups in total. The second-order valence-electron chi connectivity index (χ2n) is 4.74. The lowest BCUT2D eigenvalue weighted by atomic mass is 9.93. The summed E-state index contributed by atoms with van der Waals surface area (Å²) in [4.78, 5) is 11.7. The molecular formula is C15H23N3O. The maximum Gasteiger partial charge on any atom is 0.281 e. The predicted octanol–water partition coefficient (Wildman–Crippen LogP) is 1.86. The van der Waals surface area contributed by atoms with Crippen LogP contribution in [0.2, 0.25) is 0 Å². The molecule has 0 aliphatic carbocycles. The number of rotatable bonds is 4. The molecule has 1 amide bonds. The second kappa shape index (κ2) is 6.38. The van der Waals surface area contributed by atoms with E-state index < -0.39 is 0 Å². The summed E-state index contributed by atoms with van der Waals surface area (Å²) in [5.74, 6) is 4.91. The number of benzene rings is 1. The first-order chi connectivity index (χ1) is 8.92. The molecule has 0 radical (unpaired) electrons. The van der Waals surface area contributed by atoms with E-state index in [2.05, 4.69) is 44.5 Å². The Morgan fingerprint density at radius 1 is 1.21 bits per heavy atom. The van der Waals surface area contributed by atoms with Crippen LogP contribution < -0.4 is 16.6 Å². The molecule has 104 valence electrons. The van der Waals surface area contributed by atoms with Crippen molar-refractivity contribution in [3.05, 3.63) is 39.6 Å². The van der Waals surface area contributed by atoms with Gasteiger partial charge in [0.15, 0.2) is 0 Å². The molecule has 4 heteroatoms. The first kappa shape index (κ1) is 15.2. The highest BCUT2D eigenvalue weighted by atomic mass is 16.2. The summed E-state index contributed by atoms with van der Waals surface area (Å²) in [5, 5.41) is 3.04. The van der Waals surface area contributed by atoms with Crippen molar-refractivity contribution in [2.45, 2.75) is 34.6 Å². The van der Waals surface area contributed by atoms with Gasteiger partial charge in [-0.05, 0) is 68.5 Å². The standard InChI is InChI=1S/C15H23N3O/c1-6-17-14(15(19)18-16)8-13-11(4)9(2)7-10(3)12(13)5/h7-8,17H,6,16H2,1-5H3,(H,18,19)/b14-8-. The van der Waals surface area contributed by atoms with Gasteiger partial charge < -0.3 is 5.32 Å². The maximum atomic E-state index is 11.7. The van der Waals surface area contributed by atoms with Crippen molar-refractivity contribution in [3.8, 4) is 0 Å². The number of hydrogen-bond donors (Lipinski definition) is 3. The van der Waals surface area contributed by atoms with Crippen molar-refractivity contribution in [2.75, 3.05) is 6.54 Å². The monoisotopic (exact) mass is 261 g/mol. The molecule has 1 aromatic carbocycles. The van der Waals surface area contributed by atoms with Gasteiger partial charge in [-0.15, -0.1) is 0 Å². The fourth-order valence-electron chi connectivity index (χ4n) is 2.07. The molecule has 0 saturated carbocycles. The quantitative estimate of drug-likeness (QED) is 0.335. The van der Waals surface area contributed by atoms with Crippen LogP contribution in [0.15, 0.2) is 11.8 Å². The van der Waals surface area contributed by atoms with E-state index in [1.54, 1.807) is 0 Å². The first-order valence-corrected chi connectivity index (χ1v) is 6.46. The first-order valence-electron chi connectivity index (χ1n) is 6.46. The van der Waals surface area contributed by atoms with Crippen molar-refractivity contribution in [1.29, 1.82) is 0 Å². The summed E-state index contributed by atoms with van der Waals surface area (Å²) in [6.45, 7) is 10.9. The van der Waals surface area contributed by atoms with Gasteiger partial charge in [0.1, 0.15) is 5.70 Å². The molecule has 0 heterocycles. The van der Waals surface area contributed by atoms with Crippen LogP contribution in [0.5, 0.6) is 0 Å². The fraction of sp³-hybridized carbons (Fsp3) is 0.400. The summed E-state index contributed by atoms with van der Waals surface area (Å²) in [6, 6.07) is 2.16. The van der Waals surface area contributed by atoms with E-state index >= 15 is 0 Å². The lowest BCUT2D eigenvalue weighted by molar-refractivity contribution is -0.117. The van der Waals surface area contributed by atoms with E-state index in [0.29, 0.717) is 12.2 Å². The van der Waals surface area contributed by atoms with Crippen LogP contribution in [0.25, 0.3) is 6.08 Å². The van der Waals surface area contributed by atoms with Crippen molar-refractivity contribution >= 4 is 12.0 Å². The molecule has 0 aromatic heterocycles. The van der Waals surface area contributed by atoms with E-state index in [1.165, 1.54) is 22.3 Å². The number of hydrogen-bond acceptors (Lipinski definition) is 3. The number of amides is 1. The Labute approximate surface area is 115 Å². The van der Waals surface area contributed by atoms with E-state index in [1.807, 2.05) is 13.0 Å². The largest absolute Gasteiger partial charge is 0.381 e. The minimum Gasteiger partial charge on any atom is -0.381 e. The molecule has 19 heavy (non-hydrogen) atoms. The Balaban J connectivity index is 3.39. The average molecular weight is 261 g/mol. The molecule has 0 spiro atoms. The number of nitrogens with one attached hydrogen (secondary N) is 2. The highest BCUT2D eigenvalue weighted by Gasteiger charge is 2.11. The molecule has 0 aliphatic heterocycles. The Hall–Kier alpha value is -1.81. The zero-order valence-corrected chi connectivity index (χ0v) is 12.3. The van der Waals surface area contributed by atoms with E-state index in [0.717, 1.165) is 5.56 Å². The van der Waals surface area contributed by atoms with Gasteiger partial charge in [0.2, 0.25) is 0 Å². The summed E-state index contributed by atoms with van der Waals surface area (Å²) < 4.78 is 0. The summed E-state index contributed by atoms with van der Waals surface area (Å²) in [5.41, 5.74) is 8.55. The normalized spacial score (nSPS) is 11.4. The minimum atomic E-state index is -0.306. The van der Waals surface area contributed by atoms with Gasteiger partial charge in [-0.25, -0.2) is 5.84 Å². The maximum absolute atomic E-state index is 11.7. The zero-order valence-electron chi connectivity index (χ0n) is 12.3. The molecule has 1 rings (SSSR count). The summed E-state index contributed by atoms with van der Waals surface area (Å²) in [6.07, 6.45) is 1.87. The van der Waals surface area contributed by atoms with Crippen LogP contribution in [0.3, 0.4) is 0 Å². The number of hydrazine groups is 1. The van der Waals surface area contributed by atoms with E-state index in [-0.39, 0.29) is 5.91 Å². The Kier molecular flexibility index (Phi) is 5.12. The molecule has 1 aromatic rings. The molecular weight excluding hydrogens is 238 g/mol. The van der Waals surface area contributed by atoms with Crippen molar-refractivity contribution < 1.29 is 4.79 Å². The molecule has 0 unspecified atom stereocenters. The predicted molar refractivity (Wildman–Crippen MR) is 79.4 cm³/mol. The fourth-order valence-corrected chi connectivity index (χ4v) is 2.07. The Morgan fingerprint density at radius 2 is 1.74 bits per heavy atom. The highest BCUT2D eigenvalue weighted by Crippen LogP contribution is 2.23. The van der Waals surface area contributed by atoms with E-state index in [9.17, 15) is 4.79 Å². The number of carbonyl (C=O) groups excluding carboxylic acids is 1. The van der Waals surface area contributed by atoms with Crippen molar-refractivity contribution in [3.63, 3.8) is 0 Å². The SMILES string of the molecule is CCN/C(=C\c1c(C)c(C)cc(C)c1C)C(=O)NN. The van der Waals surface area contributed by atoms with Crippen molar-refractivity contribution in [1.82, 2.24) is 10.7 Å². The number of nitrogens with two attached hydrogens (primary N) is 1. The number of aryl methyl sites for hydroxylation is 2. The van der Waals surface area contributed by atoms with Gasteiger partial charge in [0.05, 0.1) is 0 Å². The van der Waals surface area contributed by atoms with Crippen LogP contribution in [0.4, 0.5) is 0 Å². The minimum absolute atomic E-state index is 0.306. The molecule has 0 saturated heterocycles. The topological polar surface area (TPSA) is 67.2 Å². The van der Waals surface area contributed by atoms with Gasteiger partial charge >= 0.3 is 0 Å². The third kappa shape index (κ3) is 3.35. The van der Waals surface area contributed by atoms with Crippen molar-refractivity contribution in [2.24, 2.45) is 5.84 Å². The Bertz CT molecular complexity index is 492. The van der Waals surface area contributed by atoms with Gasteiger partial charge in [0, 0.05) is 6.54 Å². The van der Waals surface area contributed by atoms with Gasteiger partial charge in [-0.3, -0.25) is 10.2 Å². The average Bonchev–Trinajstić information content (AvgIpc) is 2.39. The van der Waals surface area contributed by atoms with Crippen LogP contribution in [0, 0.1) is 27.7 Å². The molecule has 4 nitrogen and oxygen atoms in total. The van der Waals surface area contributed by atoms with Crippen LogP contribution in [-0.4, -0.2) is 12.5 Å². The van der Waals surface area contributed by atoms with Gasteiger partial charge in [0.25, 0.3) is 5.91 Å². The van der Waals surface area contributed by atoms with Crippen LogP contribution in [0.1, 0.15) is 34.7 Å². The highest BCUT2D eigenvalue weighted by molar-refractivity contribution is 5.97. The smallest absolute Gasteiger partial charge is 0.281 e. The van der Waals surface area contributed by atoms with E-state index in [4.69, 9.17) is 5.84 Å². The van der Waals surface area contributed by atoms with Crippen LogP contribution in [-0.2, 0) is 4.79 Å². The lowest BCUT2D eigenvalue weighted by Gasteiger charge is -2.14. The summed E-state index contributed by atoms with van der Waals surface area (Å²) in [7, 11) is 0. The molecule has 0 aliphatic rings. The molecule has 0 atom stereocenters. The summed E-state index contributed by atoms with van der Waals surface area (Å²) >= 11 is 0. The Morgan fingerprint density at radius 3 is 2.16 bits per heavy atom. The number of carbonyl (C=O) groups is 1. The zero-order chi connectivity index (χ0) is 14.6. The number of likely N-dealkylation sites (N-methyl/N-ethyl adjacent to an activating group) is 1.